The molecule has 1 aromatic carbocycles. The van der Waals surface area contributed by atoms with Gasteiger partial charge in [-0.15, -0.1) is 0 Å². The van der Waals surface area contributed by atoms with E-state index in [1.807, 2.05) is 0 Å². The third kappa shape index (κ3) is 17.5. The van der Waals surface area contributed by atoms with Crippen LogP contribution in [0.2, 0.25) is 0 Å². The number of β-amino-alcohol motifs (C(OH)–C–C–N with tert-alkyl or cyclic N) is 1. The number of nitrogens with two attached hydrogens (primary N) is 3. The largest absolute Gasteiger partial charge is 0.508 e. The number of nitrogens with one attached hydrogen (secondary N) is 8. The number of phenols is 1. The monoisotopic (exact) mass is 1030 g/mol. The molecule has 0 saturated carbocycles. The fraction of sp³-hybridized carbons (Fsp3) is 0.628. The van der Waals surface area contributed by atoms with Gasteiger partial charge in [0.2, 0.25) is 47.3 Å². The maximum Gasteiger partial charge on any atom is 0.244 e. The Morgan fingerprint density at radius 3 is 2.31 bits per heavy atom. The Hall–Kier alpha value is -5.42. The van der Waals surface area contributed by atoms with E-state index >= 15 is 0 Å². The number of amides is 8. The molecule has 2 heterocycles. The highest BCUT2D eigenvalue weighted by atomic mass is 32.2. The molecule has 0 spiro atoms. The first-order valence-electron chi connectivity index (χ1n) is 22.8. The topological polar surface area (TPSA) is 433 Å². The van der Waals surface area contributed by atoms with Gasteiger partial charge >= 0.3 is 0 Å². The lowest BCUT2D eigenvalue weighted by Crippen LogP contribution is -2.58. The molecule has 27 heteroatoms. The molecule has 1 unspecified atom stereocenters. The number of phenolic OH excluding ortho intramolecular Hbond substituents is 1. The lowest BCUT2D eigenvalue weighted by molar-refractivity contribution is -0.134. The molecule has 0 radical (unpaired) electrons. The third-order valence-electron chi connectivity index (χ3n) is 11.6. The van der Waals surface area contributed by atoms with Crippen LogP contribution >= 0.6 is 11.8 Å². The van der Waals surface area contributed by atoms with Crippen molar-refractivity contribution in [3.63, 3.8) is 0 Å². The number of aromatic amines is 1. The molecule has 8 amide bonds. The number of primary amides is 1. The number of thioether (sulfide) groups is 1. The molecule has 19 N–H and O–H groups in total. The molecular weight excluding hydrogens is 959 g/mol. The zero-order chi connectivity index (χ0) is 52.2. The van der Waals surface area contributed by atoms with E-state index in [2.05, 4.69) is 42.2 Å². The Morgan fingerprint density at radius 1 is 0.971 bits per heavy atom. The number of unbranched alkanes of at least 4 members (excludes halogenated alkanes) is 1. The fourth-order valence-corrected chi connectivity index (χ4v) is 9.79. The number of aliphatic hydroxyl groups is 4. The molecule has 0 saturated heterocycles. The van der Waals surface area contributed by atoms with Gasteiger partial charge in [-0.05, 0) is 55.2 Å². The molecule has 392 valence electrons. The summed E-state index contributed by atoms with van der Waals surface area (Å²) in [7, 11) is -2.37. The SMILES string of the molecule is CC[C@H](C)[C@H](NC(=O)CN)C(=O)NCC(=O)N[C@H]1CS(=O)c2[nH]c3c(CSCCCCN)c(O)ccc3c2C[C@@H](CO)NC(=O)[C@H]([C@@H](C)[C@@H](O)CO)NC(=O)C[C@@H](O)CNC(=O)[C@H](CC(N)=O)NC1=O. The van der Waals surface area contributed by atoms with E-state index in [0.29, 0.717) is 35.2 Å². The second kappa shape index (κ2) is 29.1. The van der Waals surface area contributed by atoms with Crippen LogP contribution in [0.3, 0.4) is 0 Å². The van der Waals surface area contributed by atoms with E-state index in [-0.39, 0.29) is 28.5 Å². The van der Waals surface area contributed by atoms with Crippen LogP contribution < -0.4 is 54.4 Å². The summed E-state index contributed by atoms with van der Waals surface area (Å²) in [6, 6.07) is -4.54. The highest BCUT2D eigenvalue weighted by Crippen LogP contribution is 2.35. The van der Waals surface area contributed by atoms with Crippen molar-refractivity contribution in [2.24, 2.45) is 29.0 Å². The van der Waals surface area contributed by atoms with Crippen molar-refractivity contribution in [1.29, 1.82) is 0 Å². The summed E-state index contributed by atoms with van der Waals surface area (Å²) in [4.78, 5) is 109. The summed E-state index contributed by atoms with van der Waals surface area (Å²) in [5.41, 5.74) is 17.4. The summed E-state index contributed by atoms with van der Waals surface area (Å²) in [6.45, 7) is 1.92. The number of fused-ring (bicyclic) bond motifs is 3. The standard InChI is InChI=1S/C43H69N11O14S2/c1-4-21(2)36(53-34(62)14-45)41(66)48-16-35(63)50-29-20-70(68)43-26(25-7-8-30(58)27(38(25)54-43)19-69-10-6-5-9-44)11-23(17-55)49-42(67)37(22(3)31(59)18-56)52-33(61)12-24(57)15-47-39(64)28(13-32(46)60)51-40(29)65/h7-8,21-24,28-29,31,36-37,54-59H,4-6,9-20,44-45H2,1-3H3,(H2,46,60)(H,47,64)(H,48,66)(H,49,67)(H,50,63)(H,51,65)(H,52,61)(H,53,62)/t21-,22-,23-,24+,28-,29-,31-,36-,37-,70?/m0/s1. The Labute approximate surface area is 411 Å². The maximum atomic E-state index is 14.8. The van der Waals surface area contributed by atoms with Gasteiger partial charge in [-0.25, -0.2) is 0 Å². The van der Waals surface area contributed by atoms with E-state index in [4.69, 9.17) is 17.2 Å². The number of hydrogen-bond acceptors (Lipinski definition) is 17. The van der Waals surface area contributed by atoms with Crippen molar-refractivity contribution < 1.29 is 68.1 Å². The third-order valence-corrected chi connectivity index (χ3v) is 14.2. The highest BCUT2D eigenvalue weighted by Gasteiger charge is 2.36. The Bertz CT molecular complexity index is 2180. The molecule has 0 fully saturated rings. The van der Waals surface area contributed by atoms with Gasteiger partial charge in [-0.3, -0.25) is 42.6 Å². The van der Waals surface area contributed by atoms with Crippen molar-refractivity contribution in [1.82, 2.24) is 42.2 Å². The van der Waals surface area contributed by atoms with Crippen molar-refractivity contribution in [2.75, 3.05) is 50.9 Å². The number of carbonyl (C=O) groups is 8. The summed E-state index contributed by atoms with van der Waals surface area (Å²) in [5, 5.41) is 70.1. The second-order valence-corrected chi connectivity index (χ2v) is 19.6. The Kier molecular flexibility index (Phi) is 24.4. The van der Waals surface area contributed by atoms with E-state index < -0.39 is 164 Å². The van der Waals surface area contributed by atoms with Crippen LogP contribution in [0, 0.1) is 11.8 Å². The number of aromatic hydroxyl groups is 1. The molecule has 70 heavy (non-hydrogen) atoms. The smallest absolute Gasteiger partial charge is 0.244 e. The second-order valence-electron chi connectivity index (χ2n) is 17.0. The molecular formula is C43H69N11O14S2. The Morgan fingerprint density at radius 2 is 1.69 bits per heavy atom. The van der Waals surface area contributed by atoms with Gasteiger partial charge in [0.05, 0.1) is 79.5 Å². The molecule has 0 bridgehead atoms. The summed E-state index contributed by atoms with van der Waals surface area (Å²) in [6.07, 6.45) is -3.01. The first-order chi connectivity index (χ1) is 33.2. The minimum Gasteiger partial charge on any atom is -0.508 e. The number of H-pyrrole nitrogens is 1. The van der Waals surface area contributed by atoms with Gasteiger partial charge in [-0.1, -0.05) is 27.2 Å². The molecule has 25 nitrogen and oxygen atoms in total. The minimum absolute atomic E-state index is 0.0844. The van der Waals surface area contributed by atoms with Crippen LogP contribution in [0.1, 0.15) is 64.0 Å². The van der Waals surface area contributed by atoms with Crippen molar-refractivity contribution in [3.05, 3.63) is 23.3 Å². The number of rotatable bonds is 20. The van der Waals surface area contributed by atoms with Gasteiger partial charge in [-0.2, -0.15) is 11.8 Å². The molecule has 1 aromatic heterocycles. The van der Waals surface area contributed by atoms with Crippen LogP contribution in [0.4, 0.5) is 0 Å². The summed E-state index contributed by atoms with van der Waals surface area (Å²) in [5.74, 6) is -9.08. The van der Waals surface area contributed by atoms with Crippen molar-refractivity contribution in [2.45, 2.75) is 112 Å². The van der Waals surface area contributed by atoms with Crippen LogP contribution in [-0.2, 0) is 61.3 Å². The molecule has 3 rings (SSSR count). The maximum absolute atomic E-state index is 14.8. The molecule has 10 atom stereocenters. The quantitative estimate of drug-likeness (QED) is 0.0551. The van der Waals surface area contributed by atoms with Crippen LogP contribution in [0.5, 0.6) is 5.75 Å². The number of aliphatic hydroxyl groups excluding tert-OH is 4. The van der Waals surface area contributed by atoms with Gasteiger partial charge in [0, 0.05) is 29.2 Å². The number of aromatic nitrogens is 1. The van der Waals surface area contributed by atoms with Crippen LogP contribution in [-0.4, -0.2) is 175 Å². The zero-order valence-electron chi connectivity index (χ0n) is 39.4. The average molecular weight is 1030 g/mol. The van der Waals surface area contributed by atoms with Gasteiger partial charge < -0.3 is 84.9 Å². The van der Waals surface area contributed by atoms with E-state index in [0.717, 1.165) is 12.8 Å². The van der Waals surface area contributed by atoms with Gasteiger partial charge in [0.25, 0.3) is 0 Å². The predicted octanol–water partition coefficient (Wildman–Crippen LogP) is -5.22. The average Bonchev–Trinajstić information content (AvgIpc) is 3.69. The number of carbonyl (C=O) groups excluding carboxylic acids is 8. The molecule has 0 aliphatic carbocycles. The number of benzene rings is 1. The van der Waals surface area contributed by atoms with Crippen LogP contribution in [0.15, 0.2) is 17.2 Å². The molecule has 1 aliphatic rings. The van der Waals surface area contributed by atoms with Gasteiger partial charge in [0.1, 0.15) is 34.9 Å². The lowest BCUT2D eigenvalue weighted by atomic mass is 9.94. The van der Waals surface area contributed by atoms with Crippen LogP contribution in [0.25, 0.3) is 10.9 Å². The number of hydrogen-bond donors (Lipinski definition) is 16. The zero-order valence-corrected chi connectivity index (χ0v) is 41.0. The fourth-order valence-electron chi connectivity index (χ4n) is 7.35. The van der Waals surface area contributed by atoms with Crippen molar-refractivity contribution in [3.8, 4) is 5.75 Å². The van der Waals surface area contributed by atoms with Gasteiger partial charge in [0.15, 0.2) is 0 Å². The highest BCUT2D eigenvalue weighted by molar-refractivity contribution is 7.98. The minimum atomic E-state index is -2.37. The van der Waals surface area contributed by atoms with E-state index in [1.165, 1.54) is 30.8 Å². The van der Waals surface area contributed by atoms with E-state index in [9.17, 15) is 68.1 Å². The summed E-state index contributed by atoms with van der Waals surface area (Å²) >= 11 is 1.48. The van der Waals surface area contributed by atoms with E-state index in [1.54, 1.807) is 13.8 Å². The first-order valence-corrected chi connectivity index (χ1v) is 25.3. The Balaban J connectivity index is 2.22. The predicted molar refractivity (Wildman–Crippen MR) is 257 cm³/mol. The lowest BCUT2D eigenvalue weighted by Gasteiger charge is -2.29. The first kappa shape index (κ1) is 58.9. The normalized spacial score (nSPS) is 22.7. The summed E-state index contributed by atoms with van der Waals surface area (Å²) < 4.78 is 14.8. The molecule has 1 aliphatic heterocycles. The van der Waals surface area contributed by atoms with Crippen molar-refractivity contribution >= 4 is 80.7 Å². The molecule has 2 aromatic rings.